The molecule has 3 aliphatic rings. The van der Waals surface area contributed by atoms with Crippen LogP contribution in [0.3, 0.4) is 0 Å². The lowest BCUT2D eigenvalue weighted by molar-refractivity contribution is -0.105. The third-order valence-corrected chi connectivity index (χ3v) is 10.5. The van der Waals surface area contributed by atoms with Gasteiger partial charge in [-0.2, -0.15) is 0 Å². The summed E-state index contributed by atoms with van der Waals surface area (Å²) in [5.74, 6) is 0.899. The quantitative estimate of drug-likeness (QED) is 0.207. The fraction of sp³-hybridized carbons (Fsp3) is 0.429. The number of hydrogen-bond acceptors (Lipinski definition) is 4. The predicted molar refractivity (Wildman–Crippen MR) is 169 cm³/mol. The highest BCUT2D eigenvalue weighted by atomic mass is 16.1. The van der Waals surface area contributed by atoms with Crippen molar-refractivity contribution in [3.8, 4) is 11.1 Å². The van der Waals surface area contributed by atoms with E-state index in [0.717, 1.165) is 77.6 Å². The molecule has 2 bridgehead atoms. The highest BCUT2D eigenvalue weighted by Crippen LogP contribution is 2.63. The third-order valence-electron chi connectivity index (χ3n) is 10.5. The van der Waals surface area contributed by atoms with Gasteiger partial charge in [-0.25, -0.2) is 4.98 Å². The second kappa shape index (κ2) is 10.6. The number of imidazole rings is 1. The van der Waals surface area contributed by atoms with E-state index in [1.807, 2.05) is 19.1 Å². The summed E-state index contributed by atoms with van der Waals surface area (Å²) >= 11 is 0. The molecule has 1 amide bonds. The number of nitrogens with one attached hydrogen (secondary N) is 2. The monoisotopic (exact) mass is 549 g/mol. The summed E-state index contributed by atoms with van der Waals surface area (Å²) in [6.07, 6.45) is 12.1. The van der Waals surface area contributed by atoms with Crippen molar-refractivity contribution in [2.24, 2.45) is 17.9 Å². The van der Waals surface area contributed by atoms with E-state index < -0.39 is 0 Å². The molecule has 2 heterocycles. The molecule has 6 heteroatoms. The van der Waals surface area contributed by atoms with E-state index in [1.165, 1.54) is 49.9 Å². The van der Waals surface area contributed by atoms with Crippen LogP contribution in [-0.4, -0.2) is 34.0 Å². The van der Waals surface area contributed by atoms with Gasteiger partial charge in [0.1, 0.15) is 0 Å². The summed E-state index contributed by atoms with van der Waals surface area (Å²) in [4.78, 5) is 18.8. The lowest BCUT2D eigenvalue weighted by Gasteiger charge is -2.32. The largest absolute Gasteiger partial charge is 0.353 e. The van der Waals surface area contributed by atoms with Gasteiger partial charge in [0.05, 0.1) is 11.4 Å². The molecular formula is C35H43N5O. The van der Waals surface area contributed by atoms with Crippen LogP contribution in [0.25, 0.3) is 16.8 Å². The topological polar surface area (TPSA) is 62.2 Å². The van der Waals surface area contributed by atoms with E-state index in [1.54, 1.807) is 0 Å². The molecule has 0 radical (unpaired) electrons. The maximum Gasteiger partial charge on any atom is 0.211 e. The zero-order chi connectivity index (χ0) is 28.8. The zero-order valence-corrected chi connectivity index (χ0v) is 24.9. The molecule has 3 aromatic rings. The van der Waals surface area contributed by atoms with Crippen molar-refractivity contribution in [3.63, 3.8) is 0 Å². The Morgan fingerprint density at radius 1 is 1.05 bits per heavy atom. The van der Waals surface area contributed by atoms with Crippen molar-refractivity contribution in [1.29, 1.82) is 0 Å². The van der Waals surface area contributed by atoms with E-state index in [9.17, 15) is 4.79 Å². The summed E-state index contributed by atoms with van der Waals surface area (Å²) in [6, 6.07) is 12.3. The number of fused-ring (bicyclic) bond motifs is 3. The van der Waals surface area contributed by atoms with Crippen LogP contribution in [0.15, 0.2) is 55.6 Å². The molecule has 2 N–H and O–H groups in total. The van der Waals surface area contributed by atoms with Crippen molar-refractivity contribution in [2.45, 2.75) is 65.3 Å². The van der Waals surface area contributed by atoms with Crippen LogP contribution in [0.2, 0.25) is 0 Å². The summed E-state index contributed by atoms with van der Waals surface area (Å²) < 4.78 is 2.23. The van der Waals surface area contributed by atoms with E-state index >= 15 is 0 Å². The molecule has 214 valence electrons. The van der Waals surface area contributed by atoms with Crippen molar-refractivity contribution in [2.75, 3.05) is 23.7 Å². The number of allylic oxidation sites excluding steroid dienone is 1. The van der Waals surface area contributed by atoms with Gasteiger partial charge in [-0.3, -0.25) is 9.69 Å². The SMILES string of the molecule is C=CC12CCC(CCN3CCc4c(nc(C(=C)Nc5cccc(-c6cccc(NC=O)c6C)c5C)n4C)C3)(CC1)C2. The van der Waals surface area contributed by atoms with Crippen LogP contribution in [-0.2, 0) is 24.8 Å². The molecule has 0 spiro atoms. The van der Waals surface area contributed by atoms with Crippen LogP contribution >= 0.6 is 0 Å². The molecule has 6 nitrogen and oxygen atoms in total. The number of nitrogens with zero attached hydrogens (tertiary/aromatic N) is 3. The molecule has 0 saturated heterocycles. The molecule has 6 rings (SSSR count). The molecule has 2 fully saturated rings. The number of hydrogen-bond donors (Lipinski definition) is 2. The van der Waals surface area contributed by atoms with E-state index in [-0.39, 0.29) is 0 Å². The maximum absolute atomic E-state index is 11.1. The minimum Gasteiger partial charge on any atom is -0.353 e. The Morgan fingerprint density at radius 3 is 2.39 bits per heavy atom. The van der Waals surface area contributed by atoms with Crippen molar-refractivity contribution in [1.82, 2.24) is 14.5 Å². The van der Waals surface area contributed by atoms with Gasteiger partial charge in [0.15, 0.2) is 5.82 Å². The molecule has 41 heavy (non-hydrogen) atoms. The molecule has 0 atom stereocenters. The van der Waals surface area contributed by atoms with Crippen LogP contribution < -0.4 is 10.6 Å². The Hall–Kier alpha value is -3.64. The van der Waals surface area contributed by atoms with Crippen LogP contribution in [0.5, 0.6) is 0 Å². The van der Waals surface area contributed by atoms with Crippen molar-refractivity contribution < 1.29 is 4.79 Å². The summed E-state index contributed by atoms with van der Waals surface area (Å²) in [5.41, 5.74) is 10.5. The summed E-state index contributed by atoms with van der Waals surface area (Å²) in [5, 5.41) is 6.39. The highest BCUT2D eigenvalue weighted by molar-refractivity contribution is 5.85. The van der Waals surface area contributed by atoms with Gasteiger partial charge < -0.3 is 15.2 Å². The Morgan fingerprint density at radius 2 is 1.73 bits per heavy atom. The fourth-order valence-corrected chi connectivity index (χ4v) is 7.86. The lowest BCUT2D eigenvalue weighted by atomic mass is 9.80. The molecule has 0 unspecified atom stereocenters. The van der Waals surface area contributed by atoms with E-state index in [0.29, 0.717) is 10.8 Å². The van der Waals surface area contributed by atoms with Gasteiger partial charge in [0, 0.05) is 43.6 Å². The Balaban J connectivity index is 1.15. The van der Waals surface area contributed by atoms with Gasteiger partial charge in [0.2, 0.25) is 6.41 Å². The fourth-order valence-electron chi connectivity index (χ4n) is 7.86. The van der Waals surface area contributed by atoms with Gasteiger partial charge in [-0.1, -0.05) is 36.9 Å². The lowest BCUT2D eigenvalue weighted by Crippen LogP contribution is -2.34. The van der Waals surface area contributed by atoms with Crippen molar-refractivity contribution in [3.05, 3.63) is 84.0 Å². The Kier molecular flexibility index (Phi) is 7.14. The smallest absolute Gasteiger partial charge is 0.211 e. The zero-order valence-electron chi connectivity index (χ0n) is 24.9. The number of carbonyl (C=O) groups excluding carboxylic acids is 1. The van der Waals surface area contributed by atoms with Gasteiger partial charge in [0.25, 0.3) is 0 Å². The molecular weight excluding hydrogens is 506 g/mol. The molecule has 2 aliphatic carbocycles. The first-order valence-electron chi connectivity index (χ1n) is 15.0. The average molecular weight is 550 g/mol. The average Bonchev–Trinajstić information content (AvgIpc) is 3.65. The number of rotatable bonds is 10. The maximum atomic E-state index is 11.1. The number of aromatic nitrogens is 2. The van der Waals surface area contributed by atoms with Crippen LogP contribution in [0, 0.1) is 24.7 Å². The Labute approximate surface area is 244 Å². The first-order chi connectivity index (χ1) is 19.8. The second-order valence-corrected chi connectivity index (χ2v) is 12.7. The number of anilines is 2. The molecule has 1 aromatic heterocycles. The number of carbonyl (C=O) groups is 1. The highest BCUT2D eigenvalue weighted by Gasteiger charge is 2.52. The molecule has 2 saturated carbocycles. The minimum absolute atomic E-state index is 0.437. The normalized spacial score (nSPS) is 23.3. The standard InChI is InChI=1S/C35H43N5O/c1-6-34-14-16-35(22-34,17-15-34)18-20-40-19-13-32-31(21-40)38-33(39(32)5)26(4)37-30-12-8-10-28(25(30)3)27-9-7-11-29(24(27)2)36-23-41/h6-12,23,37H,1,4,13-22H2,2-3,5H3,(H,36,41). The van der Waals surface area contributed by atoms with Crippen molar-refractivity contribution >= 4 is 23.5 Å². The van der Waals surface area contributed by atoms with Gasteiger partial charge in [-0.05, 0) is 104 Å². The first kappa shape index (κ1) is 27.5. The van der Waals surface area contributed by atoms with E-state index in [2.05, 4.69) is 77.6 Å². The molecule has 1 aliphatic heterocycles. The van der Waals surface area contributed by atoms with E-state index in [4.69, 9.17) is 4.98 Å². The number of benzene rings is 2. The van der Waals surface area contributed by atoms with Crippen LogP contribution in [0.4, 0.5) is 11.4 Å². The number of amides is 1. The van der Waals surface area contributed by atoms with Gasteiger partial charge >= 0.3 is 0 Å². The molecule has 2 aromatic carbocycles. The third kappa shape index (κ3) is 4.93. The predicted octanol–water partition coefficient (Wildman–Crippen LogP) is 7.24. The van der Waals surface area contributed by atoms with Crippen LogP contribution in [0.1, 0.15) is 66.9 Å². The first-order valence-corrected chi connectivity index (χ1v) is 15.0. The Bertz CT molecular complexity index is 1510. The summed E-state index contributed by atoms with van der Waals surface area (Å²) in [6.45, 7) is 15.9. The van der Waals surface area contributed by atoms with Gasteiger partial charge in [-0.15, -0.1) is 6.58 Å². The summed E-state index contributed by atoms with van der Waals surface area (Å²) in [7, 11) is 2.12. The second-order valence-electron chi connectivity index (χ2n) is 12.7. The minimum atomic E-state index is 0.437.